The van der Waals surface area contributed by atoms with E-state index in [4.69, 9.17) is 4.74 Å². The topological polar surface area (TPSA) is 81.5 Å². The summed E-state index contributed by atoms with van der Waals surface area (Å²) in [5, 5.41) is 13.8. The minimum absolute atomic E-state index is 0.102. The molecule has 24 heavy (non-hydrogen) atoms. The number of nitro benzene ring substituents is 1. The molecule has 0 atom stereocenters. The zero-order chi connectivity index (χ0) is 17.9. The fraction of sp³-hybridized carbons (Fsp3) is 0.278. The molecule has 0 fully saturated rings. The molecule has 6 nitrogen and oxygen atoms in total. The molecule has 0 aliphatic carbocycles. The van der Waals surface area contributed by atoms with Gasteiger partial charge in [0.25, 0.3) is 5.69 Å². The van der Waals surface area contributed by atoms with Crippen molar-refractivity contribution in [1.82, 2.24) is 0 Å². The quantitative estimate of drug-likeness (QED) is 0.640. The van der Waals surface area contributed by atoms with Crippen molar-refractivity contribution < 1.29 is 14.5 Å². The molecular formula is C18H20N2O4. The Hall–Kier alpha value is -2.89. The first-order chi connectivity index (χ1) is 11.2. The second-order valence-corrected chi connectivity index (χ2v) is 6.48. The highest BCUT2D eigenvalue weighted by atomic mass is 16.6. The number of aryl methyl sites for hydroxylation is 1. The summed E-state index contributed by atoms with van der Waals surface area (Å²) in [7, 11) is 0. The number of amides is 1. The number of rotatable bonds is 3. The van der Waals surface area contributed by atoms with Gasteiger partial charge in [0.1, 0.15) is 11.3 Å². The van der Waals surface area contributed by atoms with Crippen molar-refractivity contribution in [2.24, 2.45) is 0 Å². The van der Waals surface area contributed by atoms with Crippen LogP contribution in [-0.4, -0.2) is 16.6 Å². The van der Waals surface area contributed by atoms with E-state index in [0.717, 1.165) is 11.1 Å². The highest BCUT2D eigenvalue weighted by Gasteiger charge is 2.21. The van der Waals surface area contributed by atoms with E-state index in [1.54, 1.807) is 26.8 Å². The van der Waals surface area contributed by atoms with Crippen molar-refractivity contribution in [1.29, 1.82) is 0 Å². The third-order valence-corrected chi connectivity index (χ3v) is 3.21. The molecule has 2 rings (SSSR count). The van der Waals surface area contributed by atoms with Gasteiger partial charge in [0, 0.05) is 6.07 Å². The number of hydrogen-bond donors (Lipinski definition) is 1. The summed E-state index contributed by atoms with van der Waals surface area (Å²) < 4.78 is 5.13. The first-order valence-electron chi connectivity index (χ1n) is 7.51. The van der Waals surface area contributed by atoms with Gasteiger partial charge in [-0.3, -0.25) is 15.4 Å². The lowest BCUT2D eigenvalue weighted by atomic mass is 10.0. The minimum atomic E-state index is -0.728. The van der Waals surface area contributed by atoms with Crippen LogP contribution in [0.1, 0.15) is 26.3 Å². The van der Waals surface area contributed by atoms with E-state index >= 15 is 0 Å². The Balaban J connectivity index is 2.32. The van der Waals surface area contributed by atoms with Gasteiger partial charge in [-0.05, 0) is 44.9 Å². The van der Waals surface area contributed by atoms with Crippen molar-refractivity contribution >= 4 is 17.5 Å². The van der Waals surface area contributed by atoms with Gasteiger partial charge in [-0.1, -0.05) is 35.9 Å². The standard InChI is InChI=1S/C18H20N2O4/c1-12-5-7-13(8-6-12)14-9-10-15(16(11-14)20(22)23)19-17(21)24-18(2,3)4/h5-11H,1-4H3,(H,19,21). The molecule has 0 bridgehead atoms. The molecule has 1 N–H and O–H groups in total. The fourth-order valence-electron chi connectivity index (χ4n) is 2.13. The number of nitro groups is 1. The van der Waals surface area contributed by atoms with Crippen LogP contribution in [0.25, 0.3) is 11.1 Å². The molecule has 0 aromatic heterocycles. The summed E-state index contributed by atoms with van der Waals surface area (Å²) in [6, 6.07) is 12.4. The van der Waals surface area contributed by atoms with Crippen LogP contribution >= 0.6 is 0 Å². The van der Waals surface area contributed by atoms with E-state index in [0.29, 0.717) is 5.56 Å². The molecule has 2 aromatic rings. The Kier molecular flexibility index (Phi) is 4.87. The molecule has 0 spiro atoms. The monoisotopic (exact) mass is 328 g/mol. The van der Waals surface area contributed by atoms with Crippen LogP contribution in [0.2, 0.25) is 0 Å². The van der Waals surface area contributed by atoms with Crippen molar-refractivity contribution in [2.45, 2.75) is 33.3 Å². The first kappa shape index (κ1) is 17.5. The molecule has 0 unspecified atom stereocenters. The highest BCUT2D eigenvalue weighted by Crippen LogP contribution is 2.31. The van der Waals surface area contributed by atoms with Crippen molar-refractivity contribution in [2.75, 3.05) is 5.32 Å². The number of carbonyl (C=O) groups is 1. The van der Waals surface area contributed by atoms with Gasteiger partial charge in [-0.2, -0.15) is 0 Å². The van der Waals surface area contributed by atoms with E-state index in [-0.39, 0.29) is 11.4 Å². The molecule has 1 amide bonds. The number of nitrogens with one attached hydrogen (secondary N) is 1. The molecule has 0 saturated carbocycles. The summed E-state index contributed by atoms with van der Waals surface area (Å²) in [4.78, 5) is 22.7. The van der Waals surface area contributed by atoms with Gasteiger partial charge in [-0.15, -0.1) is 0 Å². The maximum Gasteiger partial charge on any atom is 0.412 e. The van der Waals surface area contributed by atoms with E-state index in [2.05, 4.69) is 5.32 Å². The summed E-state index contributed by atoms with van der Waals surface area (Å²) in [6.45, 7) is 7.14. The van der Waals surface area contributed by atoms with Crippen LogP contribution in [0, 0.1) is 17.0 Å². The maximum absolute atomic E-state index is 11.8. The minimum Gasteiger partial charge on any atom is -0.444 e. The number of hydrogen-bond acceptors (Lipinski definition) is 4. The molecule has 0 aliphatic heterocycles. The van der Waals surface area contributed by atoms with Crippen LogP contribution in [0.3, 0.4) is 0 Å². The third-order valence-electron chi connectivity index (χ3n) is 3.21. The predicted octanol–water partition coefficient (Wildman–Crippen LogP) is 4.92. The first-order valence-corrected chi connectivity index (χ1v) is 7.51. The molecule has 0 saturated heterocycles. The molecule has 2 aromatic carbocycles. The SMILES string of the molecule is Cc1ccc(-c2ccc(NC(=O)OC(C)(C)C)c([N+](=O)[O-])c2)cc1. The fourth-order valence-corrected chi connectivity index (χ4v) is 2.13. The molecule has 126 valence electrons. The Morgan fingerprint density at radius 3 is 2.21 bits per heavy atom. The Labute approximate surface area is 140 Å². The number of ether oxygens (including phenoxy) is 1. The van der Waals surface area contributed by atoms with Crippen molar-refractivity contribution in [3.05, 3.63) is 58.1 Å². The van der Waals surface area contributed by atoms with Gasteiger partial charge >= 0.3 is 6.09 Å². The maximum atomic E-state index is 11.8. The Morgan fingerprint density at radius 1 is 1.08 bits per heavy atom. The second kappa shape index (κ2) is 6.70. The number of benzene rings is 2. The van der Waals surface area contributed by atoms with Crippen LogP contribution in [0.4, 0.5) is 16.2 Å². The number of nitrogens with zero attached hydrogens (tertiary/aromatic N) is 1. The molecule has 0 heterocycles. The van der Waals surface area contributed by atoms with Gasteiger partial charge in [0.05, 0.1) is 4.92 Å². The highest BCUT2D eigenvalue weighted by molar-refractivity contribution is 5.89. The normalized spacial score (nSPS) is 11.0. The van der Waals surface area contributed by atoms with Crippen LogP contribution in [-0.2, 0) is 4.74 Å². The summed E-state index contributed by atoms with van der Waals surface area (Å²) in [5.41, 5.74) is 1.92. The molecule has 0 radical (unpaired) electrons. The van der Waals surface area contributed by atoms with Crippen molar-refractivity contribution in [3.63, 3.8) is 0 Å². The van der Waals surface area contributed by atoms with E-state index in [9.17, 15) is 14.9 Å². The Bertz CT molecular complexity index is 762. The smallest absolute Gasteiger partial charge is 0.412 e. The lowest BCUT2D eigenvalue weighted by Crippen LogP contribution is -2.27. The number of carbonyl (C=O) groups excluding carboxylic acids is 1. The summed E-state index contributed by atoms with van der Waals surface area (Å²) in [5.74, 6) is 0. The van der Waals surface area contributed by atoms with E-state index in [1.807, 2.05) is 31.2 Å². The van der Waals surface area contributed by atoms with Crippen molar-refractivity contribution in [3.8, 4) is 11.1 Å². The number of anilines is 1. The summed E-state index contributed by atoms with van der Waals surface area (Å²) in [6.07, 6.45) is -0.728. The van der Waals surface area contributed by atoms with Crippen LogP contribution < -0.4 is 5.32 Å². The molecule has 6 heteroatoms. The average Bonchev–Trinajstić information content (AvgIpc) is 2.46. The van der Waals surface area contributed by atoms with Gasteiger partial charge in [0.2, 0.25) is 0 Å². The van der Waals surface area contributed by atoms with Crippen LogP contribution in [0.5, 0.6) is 0 Å². The zero-order valence-corrected chi connectivity index (χ0v) is 14.1. The summed E-state index contributed by atoms with van der Waals surface area (Å²) >= 11 is 0. The average molecular weight is 328 g/mol. The van der Waals surface area contributed by atoms with E-state index in [1.165, 1.54) is 12.1 Å². The predicted molar refractivity (Wildman–Crippen MR) is 93.1 cm³/mol. The van der Waals surface area contributed by atoms with Gasteiger partial charge < -0.3 is 4.74 Å². The molecular weight excluding hydrogens is 308 g/mol. The Morgan fingerprint density at radius 2 is 1.67 bits per heavy atom. The van der Waals surface area contributed by atoms with E-state index < -0.39 is 16.6 Å². The molecule has 0 aliphatic rings. The van der Waals surface area contributed by atoms with Gasteiger partial charge in [0.15, 0.2) is 0 Å². The zero-order valence-electron chi connectivity index (χ0n) is 14.1. The third kappa shape index (κ3) is 4.55. The van der Waals surface area contributed by atoms with Crippen LogP contribution in [0.15, 0.2) is 42.5 Å². The van der Waals surface area contributed by atoms with Gasteiger partial charge in [-0.25, -0.2) is 4.79 Å². The largest absolute Gasteiger partial charge is 0.444 e. The lowest BCUT2D eigenvalue weighted by molar-refractivity contribution is -0.383. The lowest BCUT2D eigenvalue weighted by Gasteiger charge is -2.19. The second-order valence-electron chi connectivity index (χ2n) is 6.48.